The normalized spacial score (nSPS) is 11.8. The number of imidazole rings is 1. The maximum atomic E-state index is 11.4. The summed E-state index contributed by atoms with van der Waals surface area (Å²) in [6.07, 6.45) is 3.49. The fourth-order valence-electron chi connectivity index (χ4n) is 2.78. The molecule has 8 heteroatoms. The number of aryl methyl sites for hydroxylation is 1. The number of methoxy groups -OCH3 is 1. The Kier molecular flexibility index (Phi) is 5.09. The van der Waals surface area contributed by atoms with E-state index in [9.17, 15) is 10.1 Å². The van der Waals surface area contributed by atoms with E-state index >= 15 is 0 Å². The molecule has 0 radical (unpaired) electrons. The first kappa shape index (κ1) is 17.8. The molecule has 0 aliphatic rings. The van der Waals surface area contributed by atoms with Gasteiger partial charge in [0.05, 0.1) is 12.0 Å². The van der Waals surface area contributed by atoms with Gasteiger partial charge in [-0.15, -0.1) is 0 Å². The van der Waals surface area contributed by atoms with E-state index in [1.165, 1.54) is 6.07 Å². The van der Waals surface area contributed by atoms with Crippen molar-refractivity contribution in [3.8, 4) is 5.75 Å². The molecule has 1 unspecified atom stereocenters. The highest BCUT2D eigenvalue weighted by atomic mass is 35.5. The third-order valence-corrected chi connectivity index (χ3v) is 4.26. The zero-order valence-corrected chi connectivity index (χ0v) is 15.0. The van der Waals surface area contributed by atoms with Crippen LogP contribution in [0.3, 0.4) is 0 Å². The van der Waals surface area contributed by atoms with E-state index in [4.69, 9.17) is 16.3 Å². The molecule has 134 valence electrons. The number of aromatic nitrogens is 2. The molecule has 1 heterocycles. The second kappa shape index (κ2) is 7.45. The van der Waals surface area contributed by atoms with E-state index in [0.717, 1.165) is 5.56 Å². The molecule has 26 heavy (non-hydrogen) atoms. The van der Waals surface area contributed by atoms with Crippen molar-refractivity contribution in [3.63, 3.8) is 0 Å². The molecule has 0 saturated heterocycles. The summed E-state index contributed by atoms with van der Waals surface area (Å²) in [5, 5.41) is 15.0. The number of halogens is 1. The third kappa shape index (κ3) is 3.48. The molecule has 0 aliphatic heterocycles. The van der Waals surface area contributed by atoms with E-state index in [1.807, 2.05) is 42.1 Å². The molecule has 0 saturated carbocycles. The molecule has 7 nitrogen and oxygen atoms in total. The Morgan fingerprint density at radius 1 is 1.31 bits per heavy atom. The van der Waals surface area contributed by atoms with Gasteiger partial charge in [0.15, 0.2) is 0 Å². The lowest BCUT2D eigenvalue weighted by atomic mass is 10.0. The number of nitrogens with one attached hydrogen (secondary N) is 1. The summed E-state index contributed by atoms with van der Waals surface area (Å²) in [6.45, 7) is 0. The Morgan fingerprint density at radius 2 is 2.08 bits per heavy atom. The van der Waals surface area contributed by atoms with Crippen LogP contribution in [0.5, 0.6) is 5.75 Å². The molecular weight excluding hydrogens is 356 g/mol. The van der Waals surface area contributed by atoms with Gasteiger partial charge in [-0.2, -0.15) is 0 Å². The first-order valence-electron chi connectivity index (χ1n) is 7.82. The van der Waals surface area contributed by atoms with Gasteiger partial charge < -0.3 is 14.6 Å². The number of nitrogens with zero attached hydrogens (tertiary/aromatic N) is 3. The number of hydrogen-bond donors (Lipinski definition) is 1. The van der Waals surface area contributed by atoms with E-state index in [2.05, 4.69) is 10.3 Å². The monoisotopic (exact) mass is 372 g/mol. The highest BCUT2D eigenvalue weighted by molar-refractivity contribution is 6.30. The first-order chi connectivity index (χ1) is 12.5. The average Bonchev–Trinajstić information content (AvgIpc) is 3.06. The largest absolute Gasteiger partial charge is 0.496 e. The number of rotatable bonds is 6. The highest BCUT2D eigenvalue weighted by Gasteiger charge is 2.25. The zero-order chi connectivity index (χ0) is 18.7. The molecule has 1 N–H and O–H groups in total. The van der Waals surface area contributed by atoms with Gasteiger partial charge in [-0.05, 0) is 18.2 Å². The SMILES string of the molecule is COc1ccccc1C(Nc1ccc(Cl)cc1[N+](=O)[O-])c1nccn1C. The van der Waals surface area contributed by atoms with Gasteiger partial charge in [0.2, 0.25) is 0 Å². The van der Waals surface area contributed by atoms with Gasteiger partial charge in [0, 0.05) is 36.1 Å². The van der Waals surface area contributed by atoms with Gasteiger partial charge >= 0.3 is 0 Å². The minimum Gasteiger partial charge on any atom is -0.496 e. The number of ether oxygens (including phenoxy) is 1. The van der Waals surface area contributed by atoms with E-state index in [-0.39, 0.29) is 5.69 Å². The van der Waals surface area contributed by atoms with Crippen molar-refractivity contribution >= 4 is 23.0 Å². The number of para-hydroxylation sites is 1. The van der Waals surface area contributed by atoms with Crippen molar-refractivity contribution in [2.24, 2.45) is 7.05 Å². The topological polar surface area (TPSA) is 82.2 Å². The van der Waals surface area contributed by atoms with E-state index in [0.29, 0.717) is 22.3 Å². The number of anilines is 1. The smallest absolute Gasteiger partial charge is 0.293 e. The fraction of sp³-hybridized carbons (Fsp3) is 0.167. The molecule has 0 amide bonds. The molecule has 3 aromatic rings. The summed E-state index contributed by atoms with van der Waals surface area (Å²) in [6, 6.07) is 11.5. The summed E-state index contributed by atoms with van der Waals surface area (Å²) >= 11 is 5.92. The van der Waals surface area contributed by atoms with Crippen molar-refractivity contribution in [2.45, 2.75) is 6.04 Å². The maximum Gasteiger partial charge on any atom is 0.293 e. The van der Waals surface area contributed by atoms with Crippen LogP contribution in [-0.4, -0.2) is 21.6 Å². The van der Waals surface area contributed by atoms with Crippen molar-refractivity contribution in [1.29, 1.82) is 0 Å². The zero-order valence-electron chi connectivity index (χ0n) is 14.2. The molecule has 0 fully saturated rings. The summed E-state index contributed by atoms with van der Waals surface area (Å²) in [5.74, 6) is 1.35. The molecular formula is C18H17ClN4O3. The molecule has 2 aromatic carbocycles. The second-order valence-electron chi connectivity index (χ2n) is 5.63. The van der Waals surface area contributed by atoms with Gasteiger partial charge in [-0.1, -0.05) is 29.8 Å². The van der Waals surface area contributed by atoms with Crippen molar-refractivity contribution in [3.05, 3.63) is 81.4 Å². The van der Waals surface area contributed by atoms with Crippen LogP contribution < -0.4 is 10.1 Å². The van der Waals surface area contributed by atoms with Crippen LogP contribution >= 0.6 is 11.6 Å². The van der Waals surface area contributed by atoms with Gasteiger partial charge in [-0.25, -0.2) is 4.98 Å². The number of nitro benzene ring substituents is 1. The van der Waals surface area contributed by atoms with Crippen LogP contribution in [0.15, 0.2) is 54.9 Å². The lowest BCUT2D eigenvalue weighted by Crippen LogP contribution is -2.18. The number of benzene rings is 2. The van der Waals surface area contributed by atoms with Gasteiger partial charge in [0.25, 0.3) is 5.69 Å². The van der Waals surface area contributed by atoms with Crippen molar-refractivity contribution < 1.29 is 9.66 Å². The van der Waals surface area contributed by atoms with Crippen molar-refractivity contribution in [1.82, 2.24) is 9.55 Å². The number of nitro groups is 1. The van der Waals surface area contributed by atoms with Crippen LogP contribution in [0.2, 0.25) is 5.02 Å². The Balaban J connectivity index is 2.12. The molecule has 1 aromatic heterocycles. The molecule has 0 bridgehead atoms. The van der Waals surface area contributed by atoms with Crippen LogP contribution in [0.1, 0.15) is 17.4 Å². The lowest BCUT2D eigenvalue weighted by Gasteiger charge is -2.22. The molecule has 0 aliphatic carbocycles. The molecule has 0 spiro atoms. The molecule has 3 rings (SSSR count). The predicted molar refractivity (Wildman–Crippen MR) is 99.8 cm³/mol. The standard InChI is InChI=1S/C18H17ClN4O3/c1-22-10-9-20-18(22)17(13-5-3-4-6-16(13)26-2)21-14-8-7-12(19)11-15(14)23(24)25/h3-11,17,21H,1-2H3. The first-order valence-corrected chi connectivity index (χ1v) is 8.19. The summed E-state index contributed by atoms with van der Waals surface area (Å²) in [5.41, 5.74) is 1.05. The summed E-state index contributed by atoms with van der Waals surface area (Å²) in [4.78, 5) is 15.4. The van der Waals surface area contributed by atoms with Crippen LogP contribution in [0, 0.1) is 10.1 Å². The van der Waals surface area contributed by atoms with Crippen LogP contribution in [0.25, 0.3) is 0 Å². The highest BCUT2D eigenvalue weighted by Crippen LogP contribution is 2.35. The predicted octanol–water partition coefficient (Wildman–Crippen LogP) is 4.19. The minimum absolute atomic E-state index is 0.105. The Hall–Kier alpha value is -3.06. The van der Waals surface area contributed by atoms with Crippen molar-refractivity contribution in [2.75, 3.05) is 12.4 Å². The van der Waals surface area contributed by atoms with E-state index in [1.54, 1.807) is 25.4 Å². The third-order valence-electron chi connectivity index (χ3n) is 4.02. The lowest BCUT2D eigenvalue weighted by molar-refractivity contribution is -0.384. The molecule has 1 atom stereocenters. The van der Waals surface area contributed by atoms with E-state index < -0.39 is 11.0 Å². The number of hydrogen-bond acceptors (Lipinski definition) is 5. The van der Waals surface area contributed by atoms with Gasteiger partial charge in [-0.3, -0.25) is 10.1 Å². The van der Waals surface area contributed by atoms with Gasteiger partial charge in [0.1, 0.15) is 23.3 Å². The Labute approximate surface area is 155 Å². The van der Waals surface area contributed by atoms with Crippen LogP contribution in [0.4, 0.5) is 11.4 Å². The average molecular weight is 373 g/mol. The van der Waals surface area contributed by atoms with Crippen LogP contribution in [-0.2, 0) is 7.05 Å². The fourth-order valence-corrected chi connectivity index (χ4v) is 2.94. The quantitative estimate of drug-likeness (QED) is 0.518. The second-order valence-corrected chi connectivity index (χ2v) is 6.07. The Morgan fingerprint density at radius 3 is 2.73 bits per heavy atom. The summed E-state index contributed by atoms with van der Waals surface area (Å²) in [7, 11) is 3.45. The summed E-state index contributed by atoms with van der Waals surface area (Å²) < 4.78 is 7.32. The minimum atomic E-state index is -0.466. The Bertz CT molecular complexity index is 942. The maximum absolute atomic E-state index is 11.4.